The van der Waals surface area contributed by atoms with Crippen LogP contribution in [0.2, 0.25) is 0 Å². The van der Waals surface area contributed by atoms with Crippen molar-refractivity contribution in [3.8, 4) is 0 Å². The number of carbonyl (C=O) groups excluding carboxylic acids is 2. The minimum atomic E-state index is -1.14. The van der Waals surface area contributed by atoms with Gasteiger partial charge in [-0.1, -0.05) is 6.92 Å². The summed E-state index contributed by atoms with van der Waals surface area (Å²) in [7, 11) is 0. The van der Waals surface area contributed by atoms with Gasteiger partial charge in [0, 0.05) is 6.07 Å². The molecule has 0 saturated carbocycles. The number of ether oxygens (including phenoxy) is 3. The average molecular weight is 454 g/mol. The van der Waals surface area contributed by atoms with Gasteiger partial charge in [0.2, 0.25) is 11.5 Å². The Kier molecular flexibility index (Phi) is 8.26. The van der Waals surface area contributed by atoms with Gasteiger partial charge in [0.05, 0.1) is 5.56 Å². The van der Waals surface area contributed by atoms with Gasteiger partial charge in [-0.15, -0.1) is 0 Å². The number of furan rings is 1. The Morgan fingerprint density at radius 1 is 1.00 bits per heavy atom. The zero-order valence-corrected chi connectivity index (χ0v) is 19.3. The number of carboxylic acids is 2. The van der Waals surface area contributed by atoms with Crippen LogP contribution in [0.15, 0.2) is 28.6 Å². The lowest BCUT2D eigenvalue weighted by atomic mass is 9.87. The maximum atomic E-state index is 11.7. The van der Waals surface area contributed by atoms with Crippen LogP contribution in [-0.2, 0) is 23.8 Å². The van der Waals surface area contributed by atoms with Crippen molar-refractivity contribution in [2.45, 2.75) is 66.1 Å². The van der Waals surface area contributed by atoms with Crippen LogP contribution < -0.4 is 0 Å². The van der Waals surface area contributed by atoms with E-state index in [0.29, 0.717) is 6.42 Å². The molecule has 0 bridgehead atoms. The third kappa shape index (κ3) is 7.75. The van der Waals surface area contributed by atoms with Crippen LogP contribution in [-0.4, -0.2) is 51.9 Å². The Morgan fingerprint density at radius 3 is 1.91 bits per heavy atom. The Labute approximate surface area is 186 Å². The van der Waals surface area contributed by atoms with E-state index in [1.165, 1.54) is 6.08 Å². The van der Waals surface area contributed by atoms with Crippen LogP contribution in [0.4, 0.5) is 0 Å². The molecular formula is C22H30O10. The van der Waals surface area contributed by atoms with Crippen LogP contribution >= 0.6 is 0 Å². The zero-order valence-electron chi connectivity index (χ0n) is 19.3. The lowest BCUT2D eigenvalue weighted by Crippen LogP contribution is -2.29. The third-order valence-corrected chi connectivity index (χ3v) is 4.00. The van der Waals surface area contributed by atoms with E-state index in [-0.39, 0.29) is 23.7 Å². The number of rotatable bonds is 5. The smallest absolute Gasteiger partial charge is 0.374 e. The first-order chi connectivity index (χ1) is 14.5. The van der Waals surface area contributed by atoms with Gasteiger partial charge in [0.25, 0.3) is 0 Å². The second kappa shape index (κ2) is 9.88. The van der Waals surface area contributed by atoms with Crippen LogP contribution in [0.1, 0.15) is 75.8 Å². The number of carbonyl (C=O) groups is 4. The molecule has 1 unspecified atom stereocenters. The lowest BCUT2D eigenvalue weighted by molar-refractivity contribution is -0.155. The topological polar surface area (TPSA) is 150 Å². The predicted octanol–water partition coefficient (Wildman–Crippen LogP) is 3.66. The molecule has 10 heteroatoms. The van der Waals surface area contributed by atoms with Crippen molar-refractivity contribution in [3.05, 3.63) is 35.5 Å². The Hall–Kier alpha value is -3.30. The fraction of sp³-hybridized carbons (Fsp3) is 0.545. The van der Waals surface area contributed by atoms with Crippen LogP contribution in [0.25, 0.3) is 0 Å². The molecule has 2 heterocycles. The van der Waals surface area contributed by atoms with Gasteiger partial charge >= 0.3 is 23.9 Å². The van der Waals surface area contributed by atoms with Crippen LogP contribution in [0, 0.1) is 5.41 Å². The zero-order chi connectivity index (χ0) is 24.9. The van der Waals surface area contributed by atoms with E-state index in [2.05, 4.69) is 0 Å². The summed E-state index contributed by atoms with van der Waals surface area (Å²) in [6.45, 7) is 12.1. The molecule has 1 aromatic rings. The number of hydrogen-bond acceptors (Lipinski definition) is 8. The van der Waals surface area contributed by atoms with E-state index >= 15 is 0 Å². The van der Waals surface area contributed by atoms with E-state index < -0.39 is 40.5 Å². The normalized spacial score (nSPS) is 17.9. The van der Waals surface area contributed by atoms with Crippen molar-refractivity contribution in [2.75, 3.05) is 6.61 Å². The first-order valence-electron chi connectivity index (χ1n) is 9.87. The number of carboxylic acid groups (broad SMARTS) is 2. The highest BCUT2D eigenvalue weighted by Gasteiger charge is 2.43. The second-order valence-electron chi connectivity index (χ2n) is 9.12. The molecule has 2 rings (SSSR count). The largest absolute Gasteiger partial charge is 0.485 e. The molecular weight excluding hydrogens is 424 g/mol. The Balaban J connectivity index is 0.000000323. The van der Waals surface area contributed by atoms with Crippen molar-refractivity contribution in [2.24, 2.45) is 5.41 Å². The number of hydrogen-bond donors (Lipinski definition) is 2. The monoisotopic (exact) mass is 454 g/mol. The van der Waals surface area contributed by atoms with Crippen molar-refractivity contribution in [1.29, 1.82) is 0 Å². The average Bonchev–Trinajstić information content (AvgIpc) is 3.28. The van der Waals surface area contributed by atoms with Crippen molar-refractivity contribution in [1.82, 2.24) is 0 Å². The highest BCUT2D eigenvalue weighted by Crippen LogP contribution is 2.33. The molecule has 0 amide bonds. The highest BCUT2D eigenvalue weighted by molar-refractivity contribution is 5.93. The summed E-state index contributed by atoms with van der Waals surface area (Å²) in [4.78, 5) is 44.7. The maximum absolute atomic E-state index is 11.7. The van der Waals surface area contributed by atoms with E-state index in [0.717, 1.165) is 12.3 Å². The lowest BCUT2D eigenvalue weighted by Gasteiger charge is -2.19. The van der Waals surface area contributed by atoms with Crippen LogP contribution in [0.5, 0.6) is 0 Å². The summed E-state index contributed by atoms with van der Waals surface area (Å²) < 4.78 is 20.0. The summed E-state index contributed by atoms with van der Waals surface area (Å²) >= 11 is 0. The van der Waals surface area contributed by atoms with E-state index in [1.807, 2.05) is 0 Å². The maximum Gasteiger partial charge on any atom is 0.374 e. The molecule has 0 radical (unpaired) electrons. The number of aromatic carboxylic acids is 1. The van der Waals surface area contributed by atoms with Gasteiger partial charge in [-0.2, -0.15) is 0 Å². The summed E-state index contributed by atoms with van der Waals surface area (Å²) in [5.41, 5.74) is -2.43. The summed E-state index contributed by atoms with van der Waals surface area (Å²) in [6, 6.07) is 1.14. The van der Waals surface area contributed by atoms with Crippen molar-refractivity contribution < 1.29 is 48.0 Å². The molecule has 0 aliphatic carbocycles. The molecule has 178 valence electrons. The van der Waals surface area contributed by atoms with E-state index in [9.17, 15) is 19.2 Å². The summed E-state index contributed by atoms with van der Waals surface area (Å²) in [5.74, 6) is -3.54. The fourth-order valence-electron chi connectivity index (χ4n) is 2.35. The van der Waals surface area contributed by atoms with Gasteiger partial charge in [0.15, 0.2) is 0 Å². The Morgan fingerprint density at radius 2 is 1.53 bits per heavy atom. The quantitative estimate of drug-likeness (QED) is 0.631. The van der Waals surface area contributed by atoms with E-state index in [4.69, 9.17) is 28.8 Å². The first kappa shape index (κ1) is 26.7. The molecule has 1 atom stereocenters. The molecule has 0 spiro atoms. The van der Waals surface area contributed by atoms with Gasteiger partial charge in [0.1, 0.15) is 29.5 Å². The minimum absolute atomic E-state index is 0.0100. The molecule has 32 heavy (non-hydrogen) atoms. The summed E-state index contributed by atoms with van der Waals surface area (Å²) in [5, 5.41) is 17.7. The summed E-state index contributed by atoms with van der Waals surface area (Å²) in [6.07, 6.45) is 2.72. The molecule has 0 saturated heterocycles. The Bertz CT molecular complexity index is 895. The SMILES string of the molecule is CC(C)(C)OC(=O)c1cc(C(=O)O)co1.CCC1(C(=O)O)C=C(C(=O)OC(C)(C)C)OC1. The van der Waals surface area contributed by atoms with Crippen LogP contribution in [0.3, 0.4) is 0 Å². The molecule has 0 aromatic carbocycles. The van der Waals surface area contributed by atoms with Crippen molar-refractivity contribution >= 4 is 23.9 Å². The van der Waals surface area contributed by atoms with E-state index in [1.54, 1.807) is 48.5 Å². The third-order valence-electron chi connectivity index (χ3n) is 4.00. The standard InChI is InChI=1S/C12H18O5.C10H12O5/c1-5-12(10(14)15)6-8(16-7-12)9(13)17-11(2,3)4;1-10(2,3)15-9(13)7-4-6(5-14-7)8(11)12/h6H,5,7H2,1-4H3,(H,14,15);4-5H,1-3H3,(H,11,12). The van der Waals surface area contributed by atoms with Gasteiger partial charge in [-0.05, 0) is 54.0 Å². The molecule has 1 aromatic heterocycles. The van der Waals surface area contributed by atoms with Gasteiger partial charge < -0.3 is 28.8 Å². The van der Waals surface area contributed by atoms with Gasteiger partial charge in [-0.3, -0.25) is 4.79 Å². The van der Waals surface area contributed by atoms with Crippen molar-refractivity contribution in [3.63, 3.8) is 0 Å². The minimum Gasteiger partial charge on any atom is -0.485 e. The highest BCUT2D eigenvalue weighted by atomic mass is 16.6. The molecule has 2 N–H and O–H groups in total. The fourth-order valence-corrected chi connectivity index (χ4v) is 2.35. The number of aliphatic carboxylic acids is 1. The molecule has 1 aliphatic rings. The second-order valence-corrected chi connectivity index (χ2v) is 9.12. The van der Waals surface area contributed by atoms with Gasteiger partial charge in [-0.25, -0.2) is 14.4 Å². The molecule has 10 nitrogen and oxygen atoms in total. The first-order valence-corrected chi connectivity index (χ1v) is 9.87. The molecule has 0 fully saturated rings. The predicted molar refractivity (Wildman–Crippen MR) is 111 cm³/mol. The number of esters is 2. The molecule has 1 aliphatic heterocycles.